The molecule has 0 aromatic carbocycles. The van der Waals surface area contributed by atoms with Gasteiger partial charge in [0, 0.05) is 31.6 Å². The van der Waals surface area contributed by atoms with Gasteiger partial charge in [-0.05, 0) is 12.8 Å². The fourth-order valence-corrected chi connectivity index (χ4v) is 2.83. The third-order valence-electron chi connectivity index (χ3n) is 3.56. The molecule has 4 atom stereocenters. The smallest absolute Gasteiger partial charge is 0.0711 e. The molecular weight excluding hydrogens is 178 g/mol. The average molecular weight is 197 g/mol. The molecule has 1 fully saturated rings. The summed E-state index contributed by atoms with van der Waals surface area (Å²) in [6.07, 6.45) is 5.12. The van der Waals surface area contributed by atoms with Crippen molar-refractivity contribution in [2.24, 2.45) is 22.7 Å². The molecule has 14 heavy (non-hydrogen) atoms. The fraction of sp³-hybridized carbons (Fsp3) is 0.900. The van der Waals surface area contributed by atoms with Gasteiger partial charge >= 0.3 is 0 Å². The van der Waals surface area contributed by atoms with Crippen molar-refractivity contribution < 1.29 is 5.11 Å². The van der Waals surface area contributed by atoms with Gasteiger partial charge in [0.1, 0.15) is 0 Å². The summed E-state index contributed by atoms with van der Waals surface area (Å²) in [6.45, 7) is 0.363. The van der Waals surface area contributed by atoms with Gasteiger partial charge in [-0.2, -0.15) is 5.10 Å². The fourth-order valence-electron chi connectivity index (χ4n) is 2.83. The maximum Gasteiger partial charge on any atom is 0.0711 e. The highest BCUT2D eigenvalue weighted by Gasteiger charge is 2.40. The topological polar surface area (TPSA) is 61.8 Å². The summed E-state index contributed by atoms with van der Waals surface area (Å²) >= 11 is 0. The van der Waals surface area contributed by atoms with Gasteiger partial charge in [-0.15, -0.1) is 0 Å². The summed E-state index contributed by atoms with van der Waals surface area (Å²) < 4.78 is 0. The zero-order valence-electron chi connectivity index (χ0n) is 8.63. The predicted octanol–water partition coefficient (Wildman–Crippen LogP) is 0.0221. The first-order valence-electron chi connectivity index (χ1n) is 5.39. The Bertz CT molecular complexity index is 231. The lowest BCUT2D eigenvalue weighted by atomic mass is 9.75. The molecule has 1 heterocycles. The number of hydrazone groups is 1. The minimum atomic E-state index is -0.369. The molecule has 0 amide bonds. The van der Waals surface area contributed by atoms with Gasteiger partial charge in [0.05, 0.1) is 12.1 Å². The molecule has 0 spiro atoms. The molecule has 0 aromatic rings. The number of hydrogen-bond donors (Lipinski definition) is 2. The van der Waals surface area contributed by atoms with Crippen molar-refractivity contribution in [3.8, 4) is 0 Å². The van der Waals surface area contributed by atoms with E-state index in [1.807, 2.05) is 18.3 Å². The van der Waals surface area contributed by atoms with E-state index in [2.05, 4.69) is 5.10 Å². The van der Waals surface area contributed by atoms with Crippen molar-refractivity contribution >= 4 is 6.21 Å². The number of aliphatic hydroxyl groups excluding tert-OH is 1. The van der Waals surface area contributed by atoms with Crippen LogP contribution in [0.4, 0.5) is 0 Å². The molecule has 1 aliphatic carbocycles. The van der Waals surface area contributed by atoms with Crippen molar-refractivity contribution in [2.75, 3.05) is 13.6 Å². The first-order chi connectivity index (χ1) is 6.74. The molecule has 0 saturated heterocycles. The molecule has 4 heteroatoms. The third kappa shape index (κ3) is 1.53. The van der Waals surface area contributed by atoms with Gasteiger partial charge < -0.3 is 10.8 Å². The summed E-state index contributed by atoms with van der Waals surface area (Å²) in [4.78, 5) is 0. The summed E-state index contributed by atoms with van der Waals surface area (Å²) in [5.74, 6) is 0.825. The second-order valence-electron chi connectivity index (χ2n) is 4.39. The van der Waals surface area contributed by atoms with Gasteiger partial charge in [-0.25, -0.2) is 0 Å². The maximum atomic E-state index is 9.84. The second-order valence-corrected chi connectivity index (χ2v) is 4.39. The molecule has 4 unspecified atom stereocenters. The number of rotatable bonds is 2. The molecule has 1 aliphatic heterocycles. The highest BCUT2D eigenvalue weighted by Crippen LogP contribution is 2.36. The van der Waals surface area contributed by atoms with E-state index < -0.39 is 0 Å². The van der Waals surface area contributed by atoms with Crippen LogP contribution >= 0.6 is 0 Å². The minimum Gasteiger partial charge on any atom is -0.391 e. The Hall–Kier alpha value is -0.610. The Kier molecular flexibility index (Phi) is 2.74. The van der Waals surface area contributed by atoms with Crippen LogP contribution in [0.5, 0.6) is 0 Å². The Labute approximate surface area is 84.8 Å². The zero-order valence-corrected chi connectivity index (χ0v) is 8.63. The van der Waals surface area contributed by atoms with E-state index in [4.69, 9.17) is 5.73 Å². The molecule has 0 aromatic heterocycles. The molecule has 4 nitrogen and oxygen atoms in total. The van der Waals surface area contributed by atoms with E-state index in [9.17, 15) is 5.11 Å². The van der Waals surface area contributed by atoms with Crippen LogP contribution in [0.15, 0.2) is 5.10 Å². The van der Waals surface area contributed by atoms with E-state index in [1.165, 1.54) is 12.8 Å². The molecule has 0 radical (unpaired) electrons. The molecule has 2 rings (SSSR count). The lowest BCUT2D eigenvalue weighted by molar-refractivity contribution is 0.0245. The van der Waals surface area contributed by atoms with Crippen molar-refractivity contribution in [1.82, 2.24) is 5.01 Å². The van der Waals surface area contributed by atoms with Crippen molar-refractivity contribution in [1.29, 1.82) is 0 Å². The highest BCUT2D eigenvalue weighted by molar-refractivity contribution is 5.64. The summed E-state index contributed by atoms with van der Waals surface area (Å²) in [7, 11) is 1.99. The molecule has 0 bridgehead atoms. The Morgan fingerprint density at radius 1 is 1.64 bits per heavy atom. The van der Waals surface area contributed by atoms with Crippen LogP contribution in [0.25, 0.3) is 0 Å². The van der Waals surface area contributed by atoms with Crippen LogP contribution in [0.2, 0.25) is 0 Å². The Morgan fingerprint density at radius 2 is 2.43 bits per heavy atom. The van der Waals surface area contributed by atoms with E-state index in [0.29, 0.717) is 24.4 Å². The van der Waals surface area contributed by atoms with Crippen molar-refractivity contribution in [3.05, 3.63) is 0 Å². The Balaban J connectivity index is 2.10. The van der Waals surface area contributed by atoms with Crippen LogP contribution in [0.3, 0.4) is 0 Å². The maximum absolute atomic E-state index is 9.84. The van der Waals surface area contributed by atoms with Crippen molar-refractivity contribution in [3.63, 3.8) is 0 Å². The number of fused-ring (bicyclic) bond motifs is 1. The molecule has 3 N–H and O–H groups in total. The van der Waals surface area contributed by atoms with Crippen LogP contribution in [0, 0.1) is 11.8 Å². The first kappa shape index (κ1) is 9.93. The first-order valence-corrected chi connectivity index (χ1v) is 5.39. The lowest BCUT2D eigenvalue weighted by Crippen LogP contribution is -2.47. The molecule has 80 valence electrons. The van der Waals surface area contributed by atoms with Gasteiger partial charge in [-0.3, -0.25) is 5.01 Å². The predicted molar refractivity (Wildman–Crippen MR) is 55.9 cm³/mol. The third-order valence-corrected chi connectivity index (χ3v) is 3.56. The van der Waals surface area contributed by atoms with Crippen LogP contribution in [-0.4, -0.2) is 42.1 Å². The largest absolute Gasteiger partial charge is 0.391 e. The van der Waals surface area contributed by atoms with Crippen LogP contribution < -0.4 is 5.73 Å². The van der Waals surface area contributed by atoms with E-state index in [1.54, 1.807) is 0 Å². The quantitative estimate of drug-likeness (QED) is 0.656. The zero-order chi connectivity index (χ0) is 10.1. The molecule has 1 saturated carbocycles. The second kappa shape index (κ2) is 3.87. The highest BCUT2D eigenvalue weighted by atomic mass is 16.3. The van der Waals surface area contributed by atoms with Crippen molar-refractivity contribution in [2.45, 2.75) is 31.4 Å². The SMILES string of the molecule is CN1N=CC2CCCC(C(O)CN)C21. The standard InChI is InChI=1S/C10H19N3O/c1-13-10-7(6-12-13)3-2-4-8(10)9(14)5-11/h6-10,14H,2-5,11H2,1H3. The van der Waals surface area contributed by atoms with Crippen LogP contribution in [-0.2, 0) is 0 Å². The number of hydrogen-bond acceptors (Lipinski definition) is 4. The molecular formula is C10H19N3O. The van der Waals surface area contributed by atoms with E-state index in [0.717, 1.165) is 6.42 Å². The lowest BCUT2D eigenvalue weighted by Gasteiger charge is -2.38. The van der Waals surface area contributed by atoms with Gasteiger partial charge in [0.15, 0.2) is 0 Å². The summed E-state index contributed by atoms with van der Waals surface area (Å²) in [5.41, 5.74) is 5.52. The number of aliphatic hydroxyl groups is 1. The minimum absolute atomic E-state index is 0.297. The van der Waals surface area contributed by atoms with E-state index >= 15 is 0 Å². The van der Waals surface area contributed by atoms with Crippen LogP contribution in [0.1, 0.15) is 19.3 Å². The number of nitrogens with two attached hydrogens (primary N) is 1. The van der Waals surface area contributed by atoms with Gasteiger partial charge in [0.2, 0.25) is 0 Å². The average Bonchev–Trinajstić information content (AvgIpc) is 2.59. The molecule has 2 aliphatic rings. The normalized spacial score (nSPS) is 38.5. The van der Waals surface area contributed by atoms with Gasteiger partial charge in [0.25, 0.3) is 0 Å². The number of nitrogens with zero attached hydrogens (tertiary/aromatic N) is 2. The summed E-state index contributed by atoms with van der Waals surface area (Å²) in [5, 5.41) is 16.1. The van der Waals surface area contributed by atoms with Gasteiger partial charge in [-0.1, -0.05) is 6.42 Å². The van der Waals surface area contributed by atoms with E-state index in [-0.39, 0.29) is 6.10 Å². The monoisotopic (exact) mass is 197 g/mol. The summed E-state index contributed by atoms with van der Waals surface area (Å²) in [6, 6.07) is 0.377. The Morgan fingerprint density at radius 3 is 3.14 bits per heavy atom.